The Morgan fingerprint density at radius 1 is 1.85 bits per heavy atom. The van der Waals surface area contributed by atoms with Gasteiger partial charge in [0.05, 0.1) is 11.9 Å². The average molecular weight is 185 g/mol. The summed E-state index contributed by atoms with van der Waals surface area (Å²) in [5.41, 5.74) is 8.27. The third-order valence-electron chi connectivity index (χ3n) is 1.60. The Bertz CT molecular complexity index is 297. The summed E-state index contributed by atoms with van der Waals surface area (Å²) in [6, 6.07) is -0.941. The molecule has 0 saturated heterocycles. The van der Waals surface area contributed by atoms with Gasteiger partial charge in [0.15, 0.2) is 0 Å². The van der Waals surface area contributed by atoms with E-state index in [0.29, 0.717) is 5.69 Å². The van der Waals surface area contributed by atoms with Crippen molar-refractivity contribution in [3.05, 3.63) is 18.2 Å². The van der Waals surface area contributed by atoms with Crippen LogP contribution in [0.3, 0.4) is 0 Å². The van der Waals surface area contributed by atoms with Gasteiger partial charge in [0, 0.05) is 6.42 Å². The zero-order valence-corrected chi connectivity index (χ0v) is 6.84. The topological polar surface area (TPSA) is 119 Å². The van der Waals surface area contributed by atoms with Gasteiger partial charge in [0.25, 0.3) is 0 Å². The molecule has 0 radical (unpaired) electrons. The molecule has 0 amide bonds. The third-order valence-corrected chi connectivity index (χ3v) is 1.60. The molecule has 1 heterocycles. The maximum absolute atomic E-state index is 10.4. The van der Waals surface area contributed by atoms with Gasteiger partial charge in [-0.25, -0.2) is 15.5 Å². The smallest absolute Gasteiger partial charge is 0.320 e. The normalized spacial score (nSPS) is 12.5. The highest BCUT2D eigenvalue weighted by Gasteiger charge is 2.14. The zero-order chi connectivity index (χ0) is 9.84. The number of aliphatic carboxylic acids is 1. The van der Waals surface area contributed by atoms with Crippen LogP contribution < -0.4 is 17.1 Å². The largest absolute Gasteiger partial charge is 0.480 e. The Morgan fingerprint density at radius 3 is 3.08 bits per heavy atom. The first kappa shape index (κ1) is 9.49. The Hall–Kier alpha value is -1.60. The summed E-state index contributed by atoms with van der Waals surface area (Å²) < 4.78 is 1.41. The molecule has 0 aliphatic carbocycles. The summed E-state index contributed by atoms with van der Waals surface area (Å²) >= 11 is 0. The maximum atomic E-state index is 10.4. The summed E-state index contributed by atoms with van der Waals surface area (Å²) in [5.74, 6) is 4.08. The van der Waals surface area contributed by atoms with Crippen LogP contribution in [-0.2, 0) is 11.2 Å². The molecule has 0 bridgehead atoms. The van der Waals surface area contributed by atoms with Crippen molar-refractivity contribution in [3.8, 4) is 0 Å². The lowest BCUT2D eigenvalue weighted by Crippen LogP contribution is -2.34. The number of hydrogen-bond acceptors (Lipinski definition) is 5. The van der Waals surface area contributed by atoms with Crippen LogP contribution in [0.4, 0.5) is 0 Å². The number of nitrogens with one attached hydrogen (secondary N) is 1. The molecule has 1 aromatic rings. The molecule has 1 rings (SSSR count). The van der Waals surface area contributed by atoms with E-state index in [-0.39, 0.29) is 6.42 Å². The van der Waals surface area contributed by atoms with Gasteiger partial charge < -0.3 is 10.8 Å². The van der Waals surface area contributed by atoms with Crippen molar-refractivity contribution in [2.75, 3.05) is 5.53 Å². The van der Waals surface area contributed by atoms with Crippen LogP contribution in [0.5, 0.6) is 0 Å². The second-order valence-electron chi connectivity index (χ2n) is 2.53. The van der Waals surface area contributed by atoms with Crippen molar-refractivity contribution < 1.29 is 9.90 Å². The number of hydrazine groups is 1. The van der Waals surface area contributed by atoms with E-state index < -0.39 is 12.0 Å². The molecule has 0 fully saturated rings. The predicted molar refractivity (Wildman–Crippen MR) is 45.1 cm³/mol. The first-order chi connectivity index (χ1) is 6.15. The van der Waals surface area contributed by atoms with E-state index in [9.17, 15) is 4.79 Å². The van der Waals surface area contributed by atoms with Crippen LogP contribution in [0.25, 0.3) is 0 Å². The number of rotatable bonds is 4. The van der Waals surface area contributed by atoms with Crippen molar-refractivity contribution in [1.82, 2.24) is 9.66 Å². The Kier molecular flexibility index (Phi) is 2.83. The minimum absolute atomic E-state index is 0.180. The van der Waals surface area contributed by atoms with Crippen LogP contribution >= 0.6 is 0 Å². The van der Waals surface area contributed by atoms with Gasteiger partial charge in [0.2, 0.25) is 0 Å². The monoisotopic (exact) mass is 185 g/mol. The maximum Gasteiger partial charge on any atom is 0.320 e. The molecule has 1 aromatic heterocycles. The zero-order valence-electron chi connectivity index (χ0n) is 6.84. The molecule has 0 aliphatic rings. The van der Waals surface area contributed by atoms with Crippen molar-refractivity contribution in [2.24, 2.45) is 11.6 Å². The summed E-state index contributed by atoms with van der Waals surface area (Å²) in [6.07, 6.45) is 3.12. The molecule has 7 heteroatoms. The van der Waals surface area contributed by atoms with Crippen LogP contribution in [0.1, 0.15) is 5.69 Å². The fourth-order valence-electron chi connectivity index (χ4n) is 0.902. The second kappa shape index (κ2) is 3.87. The van der Waals surface area contributed by atoms with E-state index in [1.165, 1.54) is 17.2 Å². The van der Waals surface area contributed by atoms with Crippen LogP contribution in [-0.4, -0.2) is 26.8 Å². The van der Waals surface area contributed by atoms with E-state index in [2.05, 4.69) is 10.5 Å². The van der Waals surface area contributed by atoms with E-state index in [1.54, 1.807) is 0 Å². The number of nitrogen functional groups attached to an aromatic ring is 1. The molecule has 0 aromatic carbocycles. The van der Waals surface area contributed by atoms with Gasteiger partial charge >= 0.3 is 5.97 Å². The molecule has 0 unspecified atom stereocenters. The number of nitrogens with two attached hydrogens (primary N) is 2. The minimum atomic E-state index is -1.05. The van der Waals surface area contributed by atoms with Crippen LogP contribution in [0, 0.1) is 0 Å². The van der Waals surface area contributed by atoms with Gasteiger partial charge in [-0.1, -0.05) is 0 Å². The Balaban J connectivity index is 2.68. The van der Waals surface area contributed by atoms with E-state index in [0.717, 1.165) is 0 Å². The summed E-state index contributed by atoms with van der Waals surface area (Å²) in [6.45, 7) is 0. The van der Waals surface area contributed by atoms with E-state index in [4.69, 9.17) is 16.7 Å². The number of aromatic nitrogens is 2. The highest BCUT2D eigenvalue weighted by molar-refractivity contribution is 5.73. The standard InChI is InChI=1S/C6H11N5O2/c7-5(6(12)13)1-4-2-9-3-11(4)10-8/h2-3,5,10H,1,7-8H2,(H,12,13)/t5-/m0/s1. The second-order valence-corrected chi connectivity index (χ2v) is 2.53. The molecule has 1 atom stereocenters. The lowest BCUT2D eigenvalue weighted by atomic mass is 10.2. The van der Waals surface area contributed by atoms with E-state index >= 15 is 0 Å². The third kappa shape index (κ3) is 2.17. The van der Waals surface area contributed by atoms with Gasteiger partial charge in [-0.05, 0) is 0 Å². The number of nitrogens with zero attached hydrogens (tertiary/aromatic N) is 2. The molecular weight excluding hydrogens is 174 g/mol. The molecular formula is C6H11N5O2. The molecule has 0 spiro atoms. The first-order valence-corrected chi connectivity index (χ1v) is 3.61. The van der Waals surface area contributed by atoms with Crippen molar-refractivity contribution in [1.29, 1.82) is 0 Å². The Labute approximate surface area is 74.3 Å². The van der Waals surface area contributed by atoms with Crippen molar-refractivity contribution in [3.63, 3.8) is 0 Å². The fraction of sp³-hybridized carbons (Fsp3) is 0.333. The highest BCUT2D eigenvalue weighted by atomic mass is 16.4. The lowest BCUT2D eigenvalue weighted by molar-refractivity contribution is -0.138. The summed E-state index contributed by atoms with van der Waals surface area (Å²) in [4.78, 5) is 14.2. The number of hydrogen-bond donors (Lipinski definition) is 4. The van der Waals surface area contributed by atoms with Gasteiger partial charge in [-0.15, -0.1) is 0 Å². The fourth-order valence-corrected chi connectivity index (χ4v) is 0.902. The summed E-state index contributed by atoms with van der Waals surface area (Å²) in [7, 11) is 0. The van der Waals surface area contributed by atoms with Crippen molar-refractivity contribution >= 4 is 5.97 Å². The van der Waals surface area contributed by atoms with E-state index in [1.807, 2.05) is 0 Å². The average Bonchev–Trinajstić information content (AvgIpc) is 2.51. The molecule has 72 valence electrons. The number of carbonyl (C=O) groups is 1. The van der Waals surface area contributed by atoms with Gasteiger partial charge in [-0.3, -0.25) is 10.3 Å². The number of carboxylic acids is 1. The molecule has 0 aliphatic heterocycles. The predicted octanol–water partition coefficient (Wildman–Crippen LogP) is -1.75. The Morgan fingerprint density at radius 2 is 2.54 bits per heavy atom. The van der Waals surface area contributed by atoms with Gasteiger partial charge in [0.1, 0.15) is 12.4 Å². The SMILES string of the molecule is NNn1cncc1C[C@H](N)C(=O)O. The quantitative estimate of drug-likeness (QED) is 0.326. The molecule has 0 saturated carbocycles. The minimum Gasteiger partial charge on any atom is -0.480 e. The number of carboxylic acid groups (broad SMARTS) is 1. The van der Waals surface area contributed by atoms with Gasteiger partial charge in [-0.2, -0.15) is 0 Å². The highest BCUT2D eigenvalue weighted by Crippen LogP contribution is 1.99. The summed E-state index contributed by atoms with van der Waals surface area (Å²) in [5, 5.41) is 8.54. The van der Waals surface area contributed by atoms with Crippen LogP contribution in [0.15, 0.2) is 12.5 Å². The molecule has 6 N–H and O–H groups in total. The molecule has 7 nitrogen and oxygen atoms in total. The van der Waals surface area contributed by atoms with Crippen molar-refractivity contribution in [2.45, 2.75) is 12.5 Å². The lowest BCUT2D eigenvalue weighted by Gasteiger charge is -2.08. The molecule has 13 heavy (non-hydrogen) atoms. The first-order valence-electron chi connectivity index (χ1n) is 3.61. The number of imidazole rings is 1. The van der Waals surface area contributed by atoms with Crippen LogP contribution in [0.2, 0.25) is 0 Å².